The molecule has 7 nitrogen and oxygen atoms in total. The summed E-state index contributed by atoms with van der Waals surface area (Å²) in [4.78, 5) is 23.7. The summed E-state index contributed by atoms with van der Waals surface area (Å²) >= 11 is 5.89. The first kappa shape index (κ1) is 13.0. The van der Waals surface area contributed by atoms with E-state index < -0.39 is 6.09 Å². The standard InChI is InChI=1S/C12H14ClN5O2/c13-11-16-9-8(3-4-14-9)10(17-11)15-7-2-1-5-18(6-7)12(19)20/h3-4,7H,1-2,5-6H2,(H,19,20)(H2,14,15,16,17). The van der Waals surface area contributed by atoms with Gasteiger partial charge in [0.05, 0.1) is 5.39 Å². The van der Waals surface area contributed by atoms with Gasteiger partial charge >= 0.3 is 6.09 Å². The van der Waals surface area contributed by atoms with Gasteiger partial charge in [-0.3, -0.25) is 0 Å². The van der Waals surface area contributed by atoms with E-state index in [1.54, 1.807) is 6.20 Å². The summed E-state index contributed by atoms with van der Waals surface area (Å²) in [6, 6.07) is 1.90. The number of anilines is 1. The highest BCUT2D eigenvalue weighted by atomic mass is 35.5. The van der Waals surface area contributed by atoms with E-state index in [9.17, 15) is 4.79 Å². The molecule has 106 valence electrons. The Morgan fingerprint density at radius 2 is 2.40 bits per heavy atom. The molecular formula is C12H14ClN5O2. The smallest absolute Gasteiger partial charge is 0.407 e. The van der Waals surface area contributed by atoms with Crippen molar-refractivity contribution in [1.82, 2.24) is 19.9 Å². The van der Waals surface area contributed by atoms with Crippen molar-refractivity contribution in [2.45, 2.75) is 18.9 Å². The topological polar surface area (TPSA) is 94.1 Å². The Labute approximate surface area is 120 Å². The average molecular weight is 296 g/mol. The molecule has 1 amide bonds. The largest absolute Gasteiger partial charge is 0.465 e. The van der Waals surface area contributed by atoms with Crippen molar-refractivity contribution in [3.8, 4) is 0 Å². The number of rotatable bonds is 2. The maximum atomic E-state index is 11.0. The number of H-pyrrole nitrogens is 1. The predicted octanol–water partition coefficient (Wildman–Crippen LogP) is 2.17. The number of piperidine rings is 1. The van der Waals surface area contributed by atoms with Crippen molar-refractivity contribution in [2.24, 2.45) is 0 Å². The van der Waals surface area contributed by atoms with Crippen LogP contribution >= 0.6 is 11.6 Å². The Kier molecular flexibility index (Phi) is 3.35. The minimum atomic E-state index is -0.885. The van der Waals surface area contributed by atoms with Crippen LogP contribution in [0.1, 0.15) is 12.8 Å². The maximum absolute atomic E-state index is 11.0. The van der Waals surface area contributed by atoms with E-state index in [-0.39, 0.29) is 11.3 Å². The van der Waals surface area contributed by atoms with E-state index in [1.807, 2.05) is 6.07 Å². The minimum Gasteiger partial charge on any atom is -0.465 e. The fraction of sp³-hybridized carbons (Fsp3) is 0.417. The zero-order valence-corrected chi connectivity index (χ0v) is 11.4. The fourth-order valence-corrected chi connectivity index (χ4v) is 2.66. The summed E-state index contributed by atoms with van der Waals surface area (Å²) in [5.41, 5.74) is 0.665. The number of halogens is 1. The average Bonchev–Trinajstić information content (AvgIpc) is 2.87. The lowest BCUT2D eigenvalue weighted by atomic mass is 10.1. The highest BCUT2D eigenvalue weighted by Gasteiger charge is 2.24. The van der Waals surface area contributed by atoms with E-state index in [0.717, 1.165) is 18.2 Å². The first-order valence-electron chi connectivity index (χ1n) is 6.38. The third-order valence-electron chi connectivity index (χ3n) is 3.42. The van der Waals surface area contributed by atoms with Gasteiger partial charge in [-0.1, -0.05) is 0 Å². The minimum absolute atomic E-state index is 0.0314. The Bertz CT molecular complexity index is 644. The van der Waals surface area contributed by atoms with Gasteiger partial charge in [0.15, 0.2) is 0 Å². The molecule has 0 aromatic carbocycles. The van der Waals surface area contributed by atoms with E-state index in [0.29, 0.717) is 24.6 Å². The van der Waals surface area contributed by atoms with Crippen LogP contribution in [0.3, 0.4) is 0 Å². The van der Waals surface area contributed by atoms with Gasteiger partial charge in [0.25, 0.3) is 0 Å². The number of nitrogens with zero attached hydrogens (tertiary/aromatic N) is 3. The number of aromatic nitrogens is 3. The van der Waals surface area contributed by atoms with Gasteiger partial charge < -0.3 is 20.3 Å². The molecular weight excluding hydrogens is 282 g/mol. The monoisotopic (exact) mass is 295 g/mol. The molecule has 8 heteroatoms. The van der Waals surface area contributed by atoms with E-state index in [2.05, 4.69) is 20.3 Å². The number of hydrogen-bond acceptors (Lipinski definition) is 4. The van der Waals surface area contributed by atoms with Gasteiger partial charge in [-0.25, -0.2) is 9.78 Å². The normalized spacial score (nSPS) is 19.2. The molecule has 1 atom stereocenters. The second kappa shape index (κ2) is 5.16. The van der Waals surface area contributed by atoms with Gasteiger partial charge in [-0.15, -0.1) is 0 Å². The van der Waals surface area contributed by atoms with Crippen LogP contribution in [0.25, 0.3) is 11.0 Å². The van der Waals surface area contributed by atoms with Gasteiger partial charge in [-0.2, -0.15) is 4.98 Å². The molecule has 0 bridgehead atoms. The van der Waals surface area contributed by atoms with Crippen molar-refractivity contribution in [3.63, 3.8) is 0 Å². The van der Waals surface area contributed by atoms with Crippen LogP contribution in [0.2, 0.25) is 5.28 Å². The zero-order valence-electron chi connectivity index (χ0n) is 10.6. The fourth-order valence-electron chi connectivity index (χ4n) is 2.49. The van der Waals surface area contributed by atoms with Crippen molar-refractivity contribution >= 4 is 34.5 Å². The van der Waals surface area contributed by atoms with Crippen LogP contribution in [0.4, 0.5) is 10.6 Å². The molecule has 3 N–H and O–H groups in total. The van der Waals surface area contributed by atoms with Crippen LogP contribution in [0.5, 0.6) is 0 Å². The summed E-state index contributed by atoms with van der Waals surface area (Å²) in [5.74, 6) is 0.637. The van der Waals surface area contributed by atoms with Crippen molar-refractivity contribution < 1.29 is 9.90 Å². The van der Waals surface area contributed by atoms with Gasteiger partial charge in [0.2, 0.25) is 5.28 Å². The summed E-state index contributed by atoms with van der Waals surface area (Å²) in [6.07, 6.45) is 2.62. The molecule has 2 aromatic rings. The van der Waals surface area contributed by atoms with Gasteiger partial charge in [-0.05, 0) is 30.5 Å². The molecule has 1 saturated heterocycles. The number of carbonyl (C=O) groups is 1. The van der Waals surface area contributed by atoms with Crippen LogP contribution < -0.4 is 5.32 Å². The number of aromatic amines is 1. The molecule has 2 aromatic heterocycles. The molecule has 1 fully saturated rings. The molecule has 3 rings (SSSR count). The van der Waals surface area contributed by atoms with Crippen LogP contribution in [0.15, 0.2) is 12.3 Å². The SMILES string of the molecule is O=C(O)N1CCCC(Nc2nc(Cl)nc3[nH]ccc23)C1. The van der Waals surface area contributed by atoms with Gasteiger partial charge in [0, 0.05) is 25.3 Å². The third kappa shape index (κ3) is 2.49. The summed E-state index contributed by atoms with van der Waals surface area (Å²) in [6.45, 7) is 1.03. The Hall–Kier alpha value is -2.02. The molecule has 1 aliphatic rings. The molecule has 3 heterocycles. The Morgan fingerprint density at radius 1 is 1.55 bits per heavy atom. The van der Waals surface area contributed by atoms with Crippen molar-refractivity contribution in [3.05, 3.63) is 17.5 Å². The molecule has 20 heavy (non-hydrogen) atoms. The van der Waals surface area contributed by atoms with Crippen LogP contribution in [-0.2, 0) is 0 Å². The molecule has 0 saturated carbocycles. The summed E-state index contributed by atoms with van der Waals surface area (Å²) < 4.78 is 0. The van der Waals surface area contributed by atoms with E-state index in [4.69, 9.17) is 16.7 Å². The predicted molar refractivity (Wildman–Crippen MR) is 75.1 cm³/mol. The summed E-state index contributed by atoms with van der Waals surface area (Å²) in [5, 5.41) is 13.3. The number of nitrogens with one attached hydrogen (secondary N) is 2. The summed E-state index contributed by atoms with van der Waals surface area (Å²) in [7, 11) is 0. The number of amides is 1. The zero-order chi connectivity index (χ0) is 14.1. The lowest BCUT2D eigenvalue weighted by Gasteiger charge is -2.31. The lowest BCUT2D eigenvalue weighted by Crippen LogP contribution is -2.44. The second-order valence-corrected chi connectivity index (χ2v) is 5.13. The number of carboxylic acid groups (broad SMARTS) is 1. The van der Waals surface area contributed by atoms with Crippen molar-refractivity contribution in [1.29, 1.82) is 0 Å². The van der Waals surface area contributed by atoms with E-state index in [1.165, 1.54) is 4.90 Å². The number of likely N-dealkylation sites (tertiary alicyclic amines) is 1. The quantitative estimate of drug-likeness (QED) is 0.738. The Morgan fingerprint density at radius 3 is 3.20 bits per heavy atom. The van der Waals surface area contributed by atoms with Gasteiger partial charge in [0.1, 0.15) is 11.5 Å². The maximum Gasteiger partial charge on any atom is 0.407 e. The van der Waals surface area contributed by atoms with Crippen LogP contribution in [0, 0.1) is 0 Å². The number of hydrogen-bond donors (Lipinski definition) is 3. The van der Waals surface area contributed by atoms with Crippen molar-refractivity contribution in [2.75, 3.05) is 18.4 Å². The number of fused-ring (bicyclic) bond motifs is 1. The molecule has 1 aliphatic heterocycles. The third-order valence-corrected chi connectivity index (χ3v) is 3.59. The lowest BCUT2D eigenvalue weighted by molar-refractivity contribution is 0.133. The highest BCUT2D eigenvalue weighted by molar-refractivity contribution is 6.28. The first-order valence-corrected chi connectivity index (χ1v) is 6.76. The molecule has 0 aliphatic carbocycles. The second-order valence-electron chi connectivity index (χ2n) is 4.79. The van der Waals surface area contributed by atoms with E-state index >= 15 is 0 Å². The molecule has 0 radical (unpaired) electrons. The molecule has 0 spiro atoms. The first-order chi connectivity index (χ1) is 9.63. The Balaban J connectivity index is 1.82. The molecule has 1 unspecified atom stereocenters. The highest BCUT2D eigenvalue weighted by Crippen LogP contribution is 2.23. The van der Waals surface area contributed by atoms with Crippen LogP contribution in [-0.4, -0.2) is 50.2 Å².